The number of nitrogens with zero attached hydrogens (tertiary/aromatic N) is 1. The molecule has 2 aliphatic rings. The number of methoxy groups -OCH3 is 1. The summed E-state index contributed by atoms with van der Waals surface area (Å²) in [5.74, 6) is 1.98. The Kier molecular flexibility index (Phi) is 4.24. The molecule has 2 aliphatic carbocycles. The van der Waals surface area contributed by atoms with Crippen LogP contribution in [0.3, 0.4) is 0 Å². The maximum atomic E-state index is 12.4. The van der Waals surface area contributed by atoms with Crippen molar-refractivity contribution in [2.75, 3.05) is 7.11 Å². The number of carbonyl (C=O) groups excluding carboxylic acids is 1. The van der Waals surface area contributed by atoms with Gasteiger partial charge in [-0.25, -0.2) is 0 Å². The third kappa shape index (κ3) is 3.02. The van der Waals surface area contributed by atoms with E-state index in [1.807, 2.05) is 6.92 Å². The summed E-state index contributed by atoms with van der Waals surface area (Å²) in [7, 11) is 1.37. The number of rotatable bonds is 5. The van der Waals surface area contributed by atoms with Gasteiger partial charge in [0.25, 0.3) is 5.91 Å². The summed E-state index contributed by atoms with van der Waals surface area (Å²) in [6, 6.07) is 4.41. The number of nitrogens with one attached hydrogen (secondary N) is 1. The minimum atomic E-state index is -0.533. The van der Waals surface area contributed by atoms with Gasteiger partial charge in [-0.15, -0.1) is 0 Å². The zero-order chi connectivity index (χ0) is 16.6. The average Bonchev–Trinajstić information content (AvgIpc) is 3.17. The molecule has 1 aromatic rings. The summed E-state index contributed by atoms with van der Waals surface area (Å²) in [5, 5.41) is 14.1. The maximum Gasteiger partial charge on any atom is 0.311 e. The summed E-state index contributed by atoms with van der Waals surface area (Å²) < 4.78 is 4.96. The lowest BCUT2D eigenvalue weighted by Gasteiger charge is -2.28. The third-order valence-corrected chi connectivity index (χ3v) is 5.43. The van der Waals surface area contributed by atoms with Gasteiger partial charge in [0.15, 0.2) is 5.75 Å². The van der Waals surface area contributed by atoms with E-state index in [1.54, 1.807) is 6.07 Å². The van der Waals surface area contributed by atoms with Crippen LogP contribution in [0, 0.1) is 27.9 Å². The predicted molar refractivity (Wildman–Crippen MR) is 85.5 cm³/mol. The monoisotopic (exact) mass is 318 g/mol. The molecule has 0 radical (unpaired) electrons. The van der Waals surface area contributed by atoms with Crippen molar-refractivity contribution < 1.29 is 14.5 Å². The molecule has 0 aromatic heterocycles. The second kappa shape index (κ2) is 6.18. The second-order valence-corrected chi connectivity index (χ2v) is 6.74. The van der Waals surface area contributed by atoms with E-state index >= 15 is 0 Å². The number of hydrogen-bond acceptors (Lipinski definition) is 4. The van der Waals surface area contributed by atoms with Gasteiger partial charge in [0, 0.05) is 17.7 Å². The molecule has 23 heavy (non-hydrogen) atoms. The molecule has 0 heterocycles. The van der Waals surface area contributed by atoms with Gasteiger partial charge < -0.3 is 10.1 Å². The van der Waals surface area contributed by atoms with Gasteiger partial charge in [0.2, 0.25) is 0 Å². The van der Waals surface area contributed by atoms with Crippen LogP contribution in [0.15, 0.2) is 18.2 Å². The molecular formula is C17H22N2O4. The van der Waals surface area contributed by atoms with E-state index in [9.17, 15) is 14.9 Å². The van der Waals surface area contributed by atoms with Crippen molar-refractivity contribution in [3.63, 3.8) is 0 Å². The highest BCUT2D eigenvalue weighted by Gasteiger charge is 2.42. The number of ether oxygens (including phenoxy) is 1. The molecular weight excluding hydrogens is 296 g/mol. The molecule has 0 aliphatic heterocycles. The van der Waals surface area contributed by atoms with Crippen molar-refractivity contribution >= 4 is 11.6 Å². The number of amides is 1. The quantitative estimate of drug-likeness (QED) is 0.668. The van der Waals surface area contributed by atoms with Crippen LogP contribution in [0.1, 0.15) is 43.0 Å². The van der Waals surface area contributed by atoms with E-state index in [-0.39, 0.29) is 23.4 Å². The first-order valence-corrected chi connectivity index (χ1v) is 8.13. The molecule has 6 heteroatoms. The van der Waals surface area contributed by atoms with Crippen LogP contribution < -0.4 is 10.1 Å². The van der Waals surface area contributed by atoms with Gasteiger partial charge in [-0.05, 0) is 56.1 Å². The van der Waals surface area contributed by atoms with Crippen LogP contribution in [0.5, 0.6) is 5.75 Å². The van der Waals surface area contributed by atoms with E-state index in [2.05, 4.69) is 5.32 Å². The number of nitro benzene ring substituents is 1. The second-order valence-electron chi connectivity index (χ2n) is 6.74. The Bertz CT molecular complexity index is 631. The summed E-state index contributed by atoms with van der Waals surface area (Å²) >= 11 is 0. The van der Waals surface area contributed by atoms with Crippen LogP contribution in [-0.4, -0.2) is 24.0 Å². The first-order chi connectivity index (χ1) is 11.0. The molecule has 0 saturated heterocycles. The molecule has 1 N–H and O–H groups in total. The Labute approximate surface area is 135 Å². The Morgan fingerprint density at radius 3 is 2.74 bits per heavy atom. The molecule has 1 aromatic carbocycles. The van der Waals surface area contributed by atoms with E-state index in [0.717, 1.165) is 11.8 Å². The van der Waals surface area contributed by atoms with Crippen molar-refractivity contribution in [2.45, 2.75) is 38.6 Å². The zero-order valence-corrected chi connectivity index (χ0v) is 13.5. The van der Waals surface area contributed by atoms with Crippen molar-refractivity contribution in [1.82, 2.24) is 5.32 Å². The van der Waals surface area contributed by atoms with E-state index in [4.69, 9.17) is 4.74 Å². The first-order valence-electron chi connectivity index (χ1n) is 8.13. The van der Waals surface area contributed by atoms with Crippen LogP contribution >= 0.6 is 0 Å². The number of carbonyl (C=O) groups is 1. The van der Waals surface area contributed by atoms with Gasteiger partial charge in [0.05, 0.1) is 12.0 Å². The molecule has 3 rings (SSSR count). The SMILES string of the molecule is COc1ccc(C(=O)N[C@@H](C)[C@H]2C[C@H]3CC[C@H]2C3)cc1[N+](=O)[O-]. The number of nitro groups is 1. The van der Waals surface area contributed by atoms with Crippen LogP contribution in [0.4, 0.5) is 5.69 Å². The lowest BCUT2D eigenvalue weighted by atomic mass is 9.84. The maximum absolute atomic E-state index is 12.4. The van der Waals surface area contributed by atoms with Crippen molar-refractivity contribution in [1.29, 1.82) is 0 Å². The molecule has 2 fully saturated rings. The van der Waals surface area contributed by atoms with Gasteiger partial charge in [-0.1, -0.05) is 6.42 Å². The molecule has 124 valence electrons. The Hall–Kier alpha value is -2.11. The van der Waals surface area contributed by atoms with Crippen molar-refractivity contribution in [3.8, 4) is 5.75 Å². The van der Waals surface area contributed by atoms with Crippen molar-refractivity contribution in [3.05, 3.63) is 33.9 Å². The molecule has 2 saturated carbocycles. The molecule has 1 amide bonds. The lowest BCUT2D eigenvalue weighted by molar-refractivity contribution is -0.385. The van der Waals surface area contributed by atoms with Gasteiger partial charge in [-0.2, -0.15) is 0 Å². The van der Waals surface area contributed by atoms with E-state index in [1.165, 1.54) is 44.9 Å². The topological polar surface area (TPSA) is 81.5 Å². The van der Waals surface area contributed by atoms with Crippen molar-refractivity contribution in [2.24, 2.45) is 17.8 Å². The van der Waals surface area contributed by atoms with Crippen LogP contribution in [-0.2, 0) is 0 Å². The minimum absolute atomic E-state index is 0.0963. The van der Waals surface area contributed by atoms with E-state index in [0.29, 0.717) is 11.5 Å². The Morgan fingerprint density at radius 1 is 1.39 bits per heavy atom. The normalized spacial score (nSPS) is 26.8. The van der Waals surface area contributed by atoms with Crippen LogP contribution in [0.25, 0.3) is 0 Å². The fourth-order valence-electron chi connectivity index (χ4n) is 4.28. The highest BCUT2D eigenvalue weighted by molar-refractivity contribution is 5.95. The fourth-order valence-corrected chi connectivity index (χ4v) is 4.28. The summed E-state index contributed by atoms with van der Waals surface area (Å²) in [5.41, 5.74) is 0.111. The highest BCUT2D eigenvalue weighted by Crippen LogP contribution is 2.49. The molecule has 0 spiro atoms. The predicted octanol–water partition coefficient (Wildman–Crippen LogP) is 3.16. The number of benzene rings is 1. The summed E-state index contributed by atoms with van der Waals surface area (Å²) in [6.45, 7) is 2.04. The molecule has 4 atom stereocenters. The average molecular weight is 318 g/mol. The Balaban J connectivity index is 1.70. The third-order valence-electron chi connectivity index (χ3n) is 5.43. The fraction of sp³-hybridized carbons (Fsp3) is 0.588. The lowest BCUT2D eigenvalue weighted by Crippen LogP contribution is -2.40. The van der Waals surface area contributed by atoms with Gasteiger partial charge in [-0.3, -0.25) is 14.9 Å². The van der Waals surface area contributed by atoms with E-state index < -0.39 is 4.92 Å². The number of hydrogen-bond donors (Lipinski definition) is 1. The molecule has 6 nitrogen and oxygen atoms in total. The first kappa shape index (κ1) is 15.8. The smallest absolute Gasteiger partial charge is 0.311 e. The largest absolute Gasteiger partial charge is 0.490 e. The Morgan fingerprint density at radius 2 is 2.17 bits per heavy atom. The molecule has 2 bridgehead atoms. The minimum Gasteiger partial charge on any atom is -0.490 e. The zero-order valence-electron chi connectivity index (χ0n) is 13.5. The molecule has 0 unspecified atom stereocenters. The van der Waals surface area contributed by atoms with Crippen LogP contribution in [0.2, 0.25) is 0 Å². The van der Waals surface area contributed by atoms with Gasteiger partial charge in [0.1, 0.15) is 0 Å². The standard InChI is InChI=1S/C17H22N2O4/c1-10(14-8-11-3-4-12(14)7-11)18-17(20)13-5-6-16(23-2)15(9-13)19(21)22/h5-6,9-12,14H,3-4,7-8H2,1-2H3,(H,18,20)/t10-,11-,12-,14+/m0/s1. The van der Waals surface area contributed by atoms with Gasteiger partial charge >= 0.3 is 5.69 Å². The number of fused-ring (bicyclic) bond motifs is 2. The highest BCUT2D eigenvalue weighted by atomic mass is 16.6. The summed E-state index contributed by atoms with van der Waals surface area (Å²) in [4.78, 5) is 23.0. The summed E-state index contributed by atoms with van der Waals surface area (Å²) in [6.07, 6.45) is 5.07.